The highest BCUT2D eigenvalue weighted by Crippen LogP contribution is 2.42. The highest BCUT2D eigenvalue weighted by Gasteiger charge is 2.30. The van der Waals surface area contributed by atoms with E-state index in [9.17, 15) is 5.11 Å². The molecule has 1 fully saturated rings. The van der Waals surface area contributed by atoms with Crippen molar-refractivity contribution in [2.45, 2.75) is 85.1 Å². The van der Waals surface area contributed by atoms with Crippen molar-refractivity contribution < 1.29 is 5.11 Å². The normalized spacial score (nSPS) is 18.1. The van der Waals surface area contributed by atoms with Crippen LogP contribution in [0.25, 0.3) is 0 Å². The van der Waals surface area contributed by atoms with Crippen molar-refractivity contribution in [2.75, 3.05) is 26.2 Å². The maximum atomic E-state index is 11.3. The monoisotopic (exact) mass is 374 g/mol. The van der Waals surface area contributed by atoms with Gasteiger partial charge in [-0.1, -0.05) is 61.5 Å². The van der Waals surface area contributed by atoms with Gasteiger partial charge in [-0.05, 0) is 46.8 Å². The molecule has 2 N–H and O–H groups in total. The summed E-state index contributed by atoms with van der Waals surface area (Å²) in [6.45, 7) is 22.1. The van der Waals surface area contributed by atoms with E-state index in [1.807, 2.05) is 0 Å². The Morgan fingerprint density at radius 1 is 0.963 bits per heavy atom. The number of hydrogen-bond acceptors (Lipinski definition) is 3. The van der Waals surface area contributed by atoms with E-state index in [1.54, 1.807) is 0 Å². The smallest absolute Gasteiger partial charge is 0.124 e. The van der Waals surface area contributed by atoms with Gasteiger partial charge < -0.3 is 10.4 Å². The zero-order valence-electron chi connectivity index (χ0n) is 18.9. The Balaban J connectivity index is 2.57. The van der Waals surface area contributed by atoms with Crippen LogP contribution in [-0.4, -0.2) is 36.2 Å². The van der Waals surface area contributed by atoms with Crippen LogP contribution in [0.5, 0.6) is 5.75 Å². The molecule has 3 heteroatoms. The van der Waals surface area contributed by atoms with Crippen molar-refractivity contribution in [3.63, 3.8) is 0 Å². The number of nitrogens with one attached hydrogen (secondary N) is 1. The molecule has 1 saturated heterocycles. The Morgan fingerprint density at radius 3 is 2.04 bits per heavy atom. The molecule has 0 aromatic heterocycles. The first-order chi connectivity index (χ1) is 12.4. The largest absolute Gasteiger partial charge is 0.507 e. The van der Waals surface area contributed by atoms with Crippen LogP contribution in [-0.2, 0) is 10.8 Å². The Kier molecular flexibility index (Phi) is 7.02. The van der Waals surface area contributed by atoms with Crippen molar-refractivity contribution in [1.82, 2.24) is 10.2 Å². The summed E-state index contributed by atoms with van der Waals surface area (Å²) in [5.41, 5.74) is 3.52. The minimum absolute atomic E-state index is 0.0640. The fraction of sp³-hybridized carbons (Fsp3) is 0.750. The van der Waals surface area contributed by atoms with Crippen molar-refractivity contribution in [3.05, 3.63) is 28.8 Å². The van der Waals surface area contributed by atoms with E-state index in [0.29, 0.717) is 11.7 Å². The molecular weight excluding hydrogens is 332 g/mol. The van der Waals surface area contributed by atoms with Crippen LogP contribution in [0.3, 0.4) is 0 Å². The fourth-order valence-electron chi connectivity index (χ4n) is 3.94. The van der Waals surface area contributed by atoms with E-state index in [2.05, 4.69) is 77.7 Å². The second-order valence-corrected chi connectivity index (χ2v) is 10.7. The predicted octanol–water partition coefficient (Wildman–Crippen LogP) is 5.37. The molecule has 1 aliphatic heterocycles. The maximum Gasteiger partial charge on any atom is 0.124 e. The molecule has 1 aliphatic rings. The molecule has 2 rings (SSSR count). The van der Waals surface area contributed by atoms with Gasteiger partial charge >= 0.3 is 0 Å². The van der Waals surface area contributed by atoms with Gasteiger partial charge in [0.05, 0.1) is 0 Å². The lowest BCUT2D eigenvalue weighted by Crippen LogP contribution is -2.45. The SMILES string of the molecule is CC(C)CC[C@@H](c1cc(C(C)(C)C)cc(C(C)(C)C)c1O)N1CCNCC1. The lowest BCUT2D eigenvalue weighted by Gasteiger charge is -2.37. The first-order valence-corrected chi connectivity index (χ1v) is 10.7. The van der Waals surface area contributed by atoms with E-state index in [4.69, 9.17) is 0 Å². The van der Waals surface area contributed by atoms with Crippen LogP contribution in [0.4, 0.5) is 0 Å². The summed E-state index contributed by atoms with van der Waals surface area (Å²) in [7, 11) is 0. The van der Waals surface area contributed by atoms with Gasteiger partial charge in [0.2, 0.25) is 0 Å². The number of hydrogen-bond donors (Lipinski definition) is 2. The zero-order chi connectivity index (χ0) is 20.4. The van der Waals surface area contributed by atoms with Crippen LogP contribution in [0, 0.1) is 5.92 Å². The third-order valence-corrected chi connectivity index (χ3v) is 5.78. The van der Waals surface area contributed by atoms with Gasteiger partial charge in [-0.25, -0.2) is 0 Å². The average Bonchev–Trinajstić information content (AvgIpc) is 2.55. The first-order valence-electron chi connectivity index (χ1n) is 10.7. The molecule has 3 nitrogen and oxygen atoms in total. The molecule has 1 atom stereocenters. The zero-order valence-corrected chi connectivity index (χ0v) is 18.9. The third-order valence-electron chi connectivity index (χ3n) is 5.78. The summed E-state index contributed by atoms with van der Waals surface area (Å²) in [5, 5.41) is 14.8. The standard InChI is InChI=1S/C24H42N2O/c1-17(2)9-10-21(26-13-11-25-12-14-26)19-15-18(23(3,4)5)16-20(22(19)27)24(6,7)8/h15-17,21,25,27H,9-14H2,1-8H3/t21-/m0/s1. The van der Waals surface area contributed by atoms with Crippen LogP contribution >= 0.6 is 0 Å². The molecular formula is C24H42N2O. The average molecular weight is 375 g/mol. The molecule has 0 spiro atoms. The van der Waals surface area contributed by atoms with Gasteiger partial charge in [0.15, 0.2) is 0 Å². The first kappa shape index (κ1) is 22.2. The Labute approximate surface area is 167 Å². The van der Waals surface area contributed by atoms with Crippen molar-refractivity contribution in [3.8, 4) is 5.75 Å². The minimum atomic E-state index is -0.0772. The molecule has 1 aromatic carbocycles. The molecule has 0 radical (unpaired) electrons. The summed E-state index contributed by atoms with van der Waals surface area (Å²) >= 11 is 0. The third kappa shape index (κ3) is 5.71. The lowest BCUT2D eigenvalue weighted by molar-refractivity contribution is 0.157. The van der Waals surface area contributed by atoms with Crippen molar-refractivity contribution in [1.29, 1.82) is 0 Å². The van der Waals surface area contributed by atoms with E-state index in [1.165, 1.54) is 12.0 Å². The number of piperazine rings is 1. The van der Waals surface area contributed by atoms with E-state index >= 15 is 0 Å². The molecule has 0 unspecified atom stereocenters. The van der Waals surface area contributed by atoms with Gasteiger partial charge in [-0.3, -0.25) is 4.90 Å². The molecule has 1 heterocycles. The number of rotatable bonds is 5. The van der Waals surface area contributed by atoms with Crippen LogP contribution < -0.4 is 5.32 Å². The molecule has 27 heavy (non-hydrogen) atoms. The summed E-state index contributed by atoms with van der Waals surface area (Å²) in [4.78, 5) is 2.58. The van der Waals surface area contributed by atoms with Gasteiger partial charge in [-0.2, -0.15) is 0 Å². The molecule has 0 amide bonds. The van der Waals surface area contributed by atoms with Gasteiger partial charge in [0.25, 0.3) is 0 Å². The number of phenolic OH excluding ortho intramolecular Hbond substituents is 1. The molecule has 154 valence electrons. The molecule has 1 aromatic rings. The molecule has 0 saturated carbocycles. The van der Waals surface area contributed by atoms with Gasteiger partial charge in [0, 0.05) is 37.8 Å². The Hall–Kier alpha value is -1.06. The highest BCUT2D eigenvalue weighted by atomic mass is 16.3. The summed E-state index contributed by atoms with van der Waals surface area (Å²) in [6, 6.07) is 4.81. The molecule has 0 aliphatic carbocycles. The fourth-order valence-corrected chi connectivity index (χ4v) is 3.94. The second-order valence-electron chi connectivity index (χ2n) is 10.7. The number of phenols is 1. The van der Waals surface area contributed by atoms with Crippen LogP contribution in [0.2, 0.25) is 0 Å². The van der Waals surface area contributed by atoms with E-state index < -0.39 is 0 Å². The van der Waals surface area contributed by atoms with E-state index in [0.717, 1.165) is 43.7 Å². The van der Waals surface area contributed by atoms with Crippen molar-refractivity contribution >= 4 is 0 Å². The second kappa shape index (κ2) is 8.53. The summed E-state index contributed by atoms with van der Waals surface area (Å²) in [6.07, 6.45) is 2.28. The van der Waals surface area contributed by atoms with Crippen LogP contribution in [0.1, 0.15) is 91.0 Å². The number of nitrogens with zero attached hydrogens (tertiary/aromatic N) is 1. The number of benzene rings is 1. The quantitative estimate of drug-likeness (QED) is 0.727. The van der Waals surface area contributed by atoms with Gasteiger partial charge in [0.1, 0.15) is 5.75 Å². The van der Waals surface area contributed by atoms with Crippen molar-refractivity contribution in [2.24, 2.45) is 5.92 Å². The highest BCUT2D eigenvalue weighted by molar-refractivity contribution is 5.50. The maximum absolute atomic E-state index is 11.3. The summed E-state index contributed by atoms with van der Waals surface area (Å²) in [5.74, 6) is 1.19. The summed E-state index contributed by atoms with van der Waals surface area (Å²) < 4.78 is 0. The molecule has 0 bridgehead atoms. The lowest BCUT2D eigenvalue weighted by atomic mass is 9.77. The Bertz CT molecular complexity index is 616. The topological polar surface area (TPSA) is 35.5 Å². The van der Waals surface area contributed by atoms with Crippen LogP contribution in [0.15, 0.2) is 12.1 Å². The Morgan fingerprint density at radius 2 is 1.56 bits per heavy atom. The number of aromatic hydroxyl groups is 1. The van der Waals surface area contributed by atoms with Gasteiger partial charge in [-0.15, -0.1) is 0 Å². The minimum Gasteiger partial charge on any atom is -0.507 e. The van der Waals surface area contributed by atoms with E-state index in [-0.39, 0.29) is 16.9 Å². The predicted molar refractivity (Wildman–Crippen MR) is 117 cm³/mol.